The lowest BCUT2D eigenvalue weighted by Crippen LogP contribution is -2.34. The third-order valence-electron chi connectivity index (χ3n) is 3.60. The van der Waals surface area contributed by atoms with E-state index in [1.165, 1.54) is 0 Å². The van der Waals surface area contributed by atoms with Crippen molar-refractivity contribution in [2.75, 3.05) is 24.6 Å². The van der Waals surface area contributed by atoms with Gasteiger partial charge in [0, 0.05) is 44.2 Å². The number of rotatable bonds is 8. The van der Waals surface area contributed by atoms with Gasteiger partial charge in [0.2, 0.25) is 11.8 Å². The Kier molecular flexibility index (Phi) is 6.71. The lowest BCUT2D eigenvalue weighted by molar-refractivity contribution is -0.129. The third kappa shape index (κ3) is 5.02. The summed E-state index contributed by atoms with van der Waals surface area (Å²) >= 11 is 1.84. The molecule has 1 aliphatic heterocycles. The highest BCUT2D eigenvalue weighted by Crippen LogP contribution is 2.20. The zero-order valence-corrected chi connectivity index (χ0v) is 13.8. The van der Waals surface area contributed by atoms with E-state index in [2.05, 4.69) is 17.2 Å². The van der Waals surface area contributed by atoms with E-state index in [1.54, 1.807) is 17.3 Å². The van der Waals surface area contributed by atoms with E-state index in [0.29, 0.717) is 26.1 Å². The van der Waals surface area contributed by atoms with Crippen LogP contribution < -0.4 is 5.32 Å². The summed E-state index contributed by atoms with van der Waals surface area (Å²) in [4.78, 5) is 29.9. The minimum Gasteiger partial charge on any atom is -0.355 e. The van der Waals surface area contributed by atoms with Crippen LogP contribution in [0.3, 0.4) is 0 Å². The van der Waals surface area contributed by atoms with E-state index in [1.807, 2.05) is 23.9 Å². The maximum absolute atomic E-state index is 12.1. The first-order valence-electron chi connectivity index (χ1n) is 7.73. The summed E-state index contributed by atoms with van der Waals surface area (Å²) in [6.07, 6.45) is 4.90. The molecular weight excluding hydrogens is 298 g/mol. The molecule has 0 unspecified atom stereocenters. The van der Waals surface area contributed by atoms with Crippen molar-refractivity contribution in [1.29, 1.82) is 0 Å². The second kappa shape index (κ2) is 8.78. The molecule has 1 saturated heterocycles. The van der Waals surface area contributed by atoms with Crippen molar-refractivity contribution in [2.45, 2.75) is 26.3 Å². The average molecular weight is 321 g/mol. The molecule has 6 heteroatoms. The minimum absolute atomic E-state index is 0.00248. The fraction of sp³-hybridized carbons (Fsp3) is 0.562. The van der Waals surface area contributed by atoms with E-state index >= 15 is 0 Å². The summed E-state index contributed by atoms with van der Waals surface area (Å²) in [5.41, 5.74) is 1.04. The van der Waals surface area contributed by atoms with Gasteiger partial charge in [0.1, 0.15) is 0 Å². The number of nitrogens with one attached hydrogen (secondary N) is 1. The maximum atomic E-state index is 12.1. The van der Waals surface area contributed by atoms with Crippen molar-refractivity contribution in [2.24, 2.45) is 5.92 Å². The van der Waals surface area contributed by atoms with Gasteiger partial charge in [0.15, 0.2) is 0 Å². The molecule has 120 valence electrons. The van der Waals surface area contributed by atoms with Gasteiger partial charge in [-0.25, -0.2) is 0 Å². The Bertz CT molecular complexity index is 495. The molecule has 0 spiro atoms. The molecule has 0 bridgehead atoms. The molecule has 1 aliphatic rings. The van der Waals surface area contributed by atoms with Gasteiger partial charge in [-0.2, -0.15) is 11.8 Å². The molecule has 0 radical (unpaired) electrons. The number of aromatic nitrogens is 1. The van der Waals surface area contributed by atoms with Gasteiger partial charge in [-0.05, 0) is 29.9 Å². The smallest absolute Gasteiger partial charge is 0.225 e. The molecule has 2 heterocycles. The quantitative estimate of drug-likeness (QED) is 0.740. The molecule has 0 saturated carbocycles. The Morgan fingerprint density at radius 2 is 2.18 bits per heavy atom. The summed E-state index contributed by atoms with van der Waals surface area (Å²) in [5.74, 6) is 1.89. The summed E-state index contributed by atoms with van der Waals surface area (Å²) < 4.78 is 0. The van der Waals surface area contributed by atoms with Crippen LogP contribution >= 0.6 is 11.8 Å². The number of amides is 2. The first-order valence-corrected chi connectivity index (χ1v) is 8.88. The van der Waals surface area contributed by atoms with E-state index in [9.17, 15) is 9.59 Å². The standard InChI is InChI=1S/C16H23N3O2S/c1-2-8-22-9-7-18-16(21)14-10-15(20)19(12-14)11-13-3-5-17-6-4-13/h3-6,14H,2,7-12H2,1H3,(H,18,21)/t14-/m1/s1. The van der Waals surface area contributed by atoms with Crippen molar-refractivity contribution < 1.29 is 9.59 Å². The number of hydrogen-bond acceptors (Lipinski definition) is 4. The molecule has 1 aromatic heterocycles. The molecule has 22 heavy (non-hydrogen) atoms. The fourth-order valence-electron chi connectivity index (χ4n) is 2.45. The molecule has 0 aromatic carbocycles. The second-order valence-electron chi connectivity index (χ2n) is 5.43. The Balaban J connectivity index is 1.75. The predicted molar refractivity (Wildman–Crippen MR) is 88.4 cm³/mol. The highest BCUT2D eigenvalue weighted by molar-refractivity contribution is 7.99. The number of thioether (sulfide) groups is 1. The molecule has 2 rings (SSSR count). The van der Waals surface area contributed by atoms with Crippen LogP contribution in [-0.4, -0.2) is 46.3 Å². The van der Waals surface area contributed by atoms with Crippen LogP contribution in [0.2, 0.25) is 0 Å². The minimum atomic E-state index is -0.217. The Morgan fingerprint density at radius 1 is 1.41 bits per heavy atom. The number of nitrogens with zero attached hydrogens (tertiary/aromatic N) is 2. The Labute approximate surface area is 135 Å². The van der Waals surface area contributed by atoms with E-state index in [-0.39, 0.29) is 17.7 Å². The van der Waals surface area contributed by atoms with E-state index in [4.69, 9.17) is 0 Å². The average Bonchev–Trinajstić information content (AvgIpc) is 2.89. The monoisotopic (exact) mass is 321 g/mol. The molecular formula is C16H23N3O2S. The van der Waals surface area contributed by atoms with Gasteiger partial charge >= 0.3 is 0 Å². The SMILES string of the molecule is CCCSCCNC(=O)[C@@H]1CC(=O)N(Cc2ccncc2)C1. The first-order chi connectivity index (χ1) is 10.7. The van der Waals surface area contributed by atoms with Crippen LogP contribution in [0.4, 0.5) is 0 Å². The van der Waals surface area contributed by atoms with Gasteiger partial charge in [0.25, 0.3) is 0 Å². The Hall–Kier alpha value is -1.56. The summed E-state index contributed by atoms with van der Waals surface area (Å²) in [5, 5.41) is 2.94. The Morgan fingerprint density at radius 3 is 2.91 bits per heavy atom. The van der Waals surface area contributed by atoms with Gasteiger partial charge in [-0.1, -0.05) is 6.92 Å². The van der Waals surface area contributed by atoms with Gasteiger partial charge < -0.3 is 10.2 Å². The van der Waals surface area contributed by atoms with Crippen molar-refractivity contribution >= 4 is 23.6 Å². The highest BCUT2D eigenvalue weighted by Gasteiger charge is 2.33. The van der Waals surface area contributed by atoms with Gasteiger partial charge in [-0.15, -0.1) is 0 Å². The van der Waals surface area contributed by atoms with Crippen LogP contribution in [0.15, 0.2) is 24.5 Å². The van der Waals surface area contributed by atoms with E-state index < -0.39 is 0 Å². The zero-order chi connectivity index (χ0) is 15.8. The van der Waals surface area contributed by atoms with Crippen molar-refractivity contribution in [1.82, 2.24) is 15.2 Å². The zero-order valence-electron chi connectivity index (χ0n) is 13.0. The normalized spacial score (nSPS) is 17.8. The third-order valence-corrected chi connectivity index (χ3v) is 4.79. The number of carbonyl (C=O) groups excluding carboxylic acids is 2. The maximum Gasteiger partial charge on any atom is 0.225 e. The molecule has 5 nitrogen and oxygen atoms in total. The highest BCUT2D eigenvalue weighted by atomic mass is 32.2. The van der Waals surface area contributed by atoms with Crippen LogP contribution in [0.25, 0.3) is 0 Å². The van der Waals surface area contributed by atoms with Gasteiger partial charge in [-0.3, -0.25) is 14.6 Å². The summed E-state index contributed by atoms with van der Waals surface area (Å²) in [7, 11) is 0. The molecule has 1 atom stereocenters. The largest absolute Gasteiger partial charge is 0.355 e. The van der Waals surface area contributed by atoms with Crippen molar-refractivity contribution in [3.63, 3.8) is 0 Å². The summed E-state index contributed by atoms with van der Waals surface area (Å²) in [6, 6.07) is 3.79. The second-order valence-corrected chi connectivity index (χ2v) is 6.66. The van der Waals surface area contributed by atoms with Crippen molar-refractivity contribution in [3.8, 4) is 0 Å². The lowest BCUT2D eigenvalue weighted by atomic mass is 10.1. The van der Waals surface area contributed by atoms with Crippen LogP contribution in [0, 0.1) is 5.92 Å². The van der Waals surface area contributed by atoms with Crippen LogP contribution in [0.5, 0.6) is 0 Å². The molecule has 2 amide bonds. The lowest BCUT2D eigenvalue weighted by Gasteiger charge is -2.16. The molecule has 1 fully saturated rings. The van der Waals surface area contributed by atoms with Crippen molar-refractivity contribution in [3.05, 3.63) is 30.1 Å². The first kappa shape index (κ1) is 16.8. The molecule has 0 aliphatic carbocycles. The van der Waals surface area contributed by atoms with Gasteiger partial charge in [0.05, 0.1) is 5.92 Å². The van der Waals surface area contributed by atoms with Crippen LogP contribution in [-0.2, 0) is 16.1 Å². The molecule has 1 aromatic rings. The number of hydrogen-bond donors (Lipinski definition) is 1. The van der Waals surface area contributed by atoms with Crippen LogP contribution in [0.1, 0.15) is 25.3 Å². The number of pyridine rings is 1. The molecule has 1 N–H and O–H groups in total. The fourth-order valence-corrected chi connectivity index (χ4v) is 3.19. The predicted octanol–water partition coefficient (Wildman–Crippen LogP) is 1.69. The number of carbonyl (C=O) groups is 2. The topological polar surface area (TPSA) is 62.3 Å². The van der Waals surface area contributed by atoms with E-state index in [0.717, 1.165) is 23.5 Å². The summed E-state index contributed by atoms with van der Waals surface area (Å²) in [6.45, 7) is 3.89. The number of likely N-dealkylation sites (tertiary alicyclic amines) is 1.